The monoisotopic (exact) mass is 141 g/mol. The predicted octanol–water partition coefficient (Wildman–Crippen LogP) is 2.56. The summed E-state index contributed by atoms with van der Waals surface area (Å²) in [6, 6.07) is 1.44. The van der Waals surface area contributed by atoms with E-state index in [-0.39, 0.29) is 5.82 Å². The Morgan fingerprint density at radius 2 is 1.90 bits per heavy atom. The highest BCUT2D eigenvalue weighted by Gasteiger charge is 1.85. The summed E-state index contributed by atoms with van der Waals surface area (Å²) < 4.78 is 12.1. The standard InChI is InChI=1S/C6H6FN.C2H6/c1-5-2-6(7)4-8-3-5;1-2/h2-4H,1H3;1-2H3. The maximum absolute atomic E-state index is 12.1. The van der Waals surface area contributed by atoms with Gasteiger partial charge in [0.25, 0.3) is 0 Å². The quantitative estimate of drug-likeness (QED) is 0.541. The lowest BCUT2D eigenvalue weighted by Gasteiger charge is -1.86. The molecule has 0 unspecified atom stereocenters. The van der Waals surface area contributed by atoms with Gasteiger partial charge in [-0.2, -0.15) is 0 Å². The van der Waals surface area contributed by atoms with E-state index in [1.807, 2.05) is 13.8 Å². The van der Waals surface area contributed by atoms with Gasteiger partial charge in [-0.05, 0) is 18.6 Å². The summed E-state index contributed by atoms with van der Waals surface area (Å²) in [6.07, 6.45) is 2.80. The zero-order valence-electron chi connectivity index (χ0n) is 6.56. The van der Waals surface area contributed by atoms with Crippen LogP contribution in [0.4, 0.5) is 4.39 Å². The first-order chi connectivity index (χ1) is 4.79. The number of hydrogen-bond acceptors (Lipinski definition) is 1. The summed E-state index contributed by atoms with van der Waals surface area (Å²) in [4.78, 5) is 3.61. The van der Waals surface area contributed by atoms with Gasteiger partial charge in [0.15, 0.2) is 0 Å². The van der Waals surface area contributed by atoms with Gasteiger partial charge in [-0.3, -0.25) is 4.98 Å². The molecule has 0 aromatic carbocycles. The molecule has 0 N–H and O–H groups in total. The second-order valence-corrected chi connectivity index (χ2v) is 1.68. The number of halogens is 1. The van der Waals surface area contributed by atoms with Gasteiger partial charge in [0.1, 0.15) is 5.82 Å². The summed E-state index contributed by atoms with van der Waals surface area (Å²) in [5.41, 5.74) is 0.852. The van der Waals surface area contributed by atoms with Crippen LogP contribution in [0.2, 0.25) is 0 Å². The third-order valence-electron chi connectivity index (χ3n) is 0.842. The van der Waals surface area contributed by atoms with Crippen molar-refractivity contribution >= 4 is 0 Å². The summed E-state index contributed by atoms with van der Waals surface area (Å²) >= 11 is 0. The molecule has 0 aliphatic carbocycles. The molecule has 0 fully saturated rings. The molecule has 0 bridgehead atoms. The maximum atomic E-state index is 12.1. The maximum Gasteiger partial charge on any atom is 0.141 e. The zero-order chi connectivity index (χ0) is 7.98. The molecule has 10 heavy (non-hydrogen) atoms. The summed E-state index contributed by atoms with van der Waals surface area (Å²) in [6.45, 7) is 5.80. The van der Waals surface area contributed by atoms with Gasteiger partial charge in [0.2, 0.25) is 0 Å². The topological polar surface area (TPSA) is 12.9 Å². The Morgan fingerprint density at radius 3 is 2.20 bits per heavy atom. The van der Waals surface area contributed by atoms with Crippen molar-refractivity contribution in [1.82, 2.24) is 4.98 Å². The van der Waals surface area contributed by atoms with Crippen LogP contribution in [0.1, 0.15) is 19.4 Å². The number of aromatic nitrogens is 1. The van der Waals surface area contributed by atoms with Gasteiger partial charge in [0.05, 0.1) is 6.20 Å². The van der Waals surface area contributed by atoms with Gasteiger partial charge in [-0.1, -0.05) is 13.8 Å². The van der Waals surface area contributed by atoms with Gasteiger partial charge in [-0.15, -0.1) is 0 Å². The van der Waals surface area contributed by atoms with Crippen molar-refractivity contribution in [2.24, 2.45) is 0 Å². The van der Waals surface area contributed by atoms with Crippen molar-refractivity contribution in [3.8, 4) is 0 Å². The minimum Gasteiger partial charge on any atom is -0.261 e. The van der Waals surface area contributed by atoms with E-state index in [1.165, 1.54) is 12.3 Å². The van der Waals surface area contributed by atoms with E-state index in [0.717, 1.165) is 5.56 Å². The van der Waals surface area contributed by atoms with Gasteiger partial charge in [0, 0.05) is 6.20 Å². The lowest BCUT2D eigenvalue weighted by atomic mass is 10.3. The van der Waals surface area contributed by atoms with E-state index in [2.05, 4.69) is 4.98 Å². The van der Waals surface area contributed by atoms with Gasteiger partial charge in [-0.25, -0.2) is 4.39 Å². The first kappa shape index (κ1) is 9.08. The van der Waals surface area contributed by atoms with Crippen LogP contribution < -0.4 is 0 Å². The highest BCUT2D eigenvalue weighted by atomic mass is 19.1. The number of hydrogen-bond donors (Lipinski definition) is 0. The van der Waals surface area contributed by atoms with Crippen molar-refractivity contribution in [2.75, 3.05) is 0 Å². The molecular formula is C8H12FN. The average molecular weight is 141 g/mol. The minimum absolute atomic E-state index is 0.273. The van der Waals surface area contributed by atoms with Crippen LogP contribution in [0.15, 0.2) is 18.5 Å². The Morgan fingerprint density at radius 1 is 1.30 bits per heavy atom. The van der Waals surface area contributed by atoms with Crippen LogP contribution >= 0.6 is 0 Å². The largest absolute Gasteiger partial charge is 0.261 e. The highest BCUT2D eigenvalue weighted by molar-refractivity contribution is 5.06. The van der Waals surface area contributed by atoms with Crippen molar-refractivity contribution in [3.63, 3.8) is 0 Å². The molecule has 1 rings (SSSR count). The number of nitrogens with zero attached hydrogens (tertiary/aromatic N) is 1. The Kier molecular flexibility index (Phi) is 4.46. The Bertz CT molecular complexity index is 169. The first-order valence-electron chi connectivity index (χ1n) is 3.36. The van der Waals surface area contributed by atoms with Crippen LogP contribution in [0.25, 0.3) is 0 Å². The third kappa shape index (κ3) is 3.17. The van der Waals surface area contributed by atoms with E-state index in [9.17, 15) is 4.39 Å². The van der Waals surface area contributed by atoms with E-state index < -0.39 is 0 Å². The SMILES string of the molecule is CC.Cc1cncc(F)c1. The van der Waals surface area contributed by atoms with E-state index >= 15 is 0 Å². The zero-order valence-corrected chi connectivity index (χ0v) is 6.56. The fourth-order valence-electron chi connectivity index (χ4n) is 0.518. The Labute approximate surface area is 60.9 Å². The average Bonchev–Trinajstić information content (AvgIpc) is 1.91. The minimum atomic E-state index is -0.273. The molecule has 0 amide bonds. The summed E-state index contributed by atoms with van der Waals surface area (Å²) in [5, 5.41) is 0. The molecule has 1 nitrogen and oxygen atoms in total. The normalized spacial score (nSPS) is 8.00. The van der Waals surface area contributed by atoms with Crippen LogP contribution in [0.5, 0.6) is 0 Å². The second-order valence-electron chi connectivity index (χ2n) is 1.68. The van der Waals surface area contributed by atoms with E-state index in [4.69, 9.17) is 0 Å². The molecule has 0 saturated carbocycles. The second kappa shape index (κ2) is 4.91. The highest BCUT2D eigenvalue weighted by Crippen LogP contribution is 1.96. The molecule has 0 spiro atoms. The lowest BCUT2D eigenvalue weighted by molar-refractivity contribution is 0.620. The molecule has 56 valence electrons. The molecule has 1 aromatic heterocycles. The molecule has 1 aromatic rings. The first-order valence-corrected chi connectivity index (χ1v) is 3.36. The number of pyridine rings is 1. The van der Waals surface area contributed by atoms with E-state index in [0.29, 0.717) is 0 Å². The molecule has 1 heterocycles. The molecule has 0 aliphatic rings. The molecule has 0 atom stereocenters. The van der Waals surface area contributed by atoms with Crippen LogP contribution in [0.3, 0.4) is 0 Å². The molecule has 0 saturated heterocycles. The van der Waals surface area contributed by atoms with Crippen LogP contribution in [-0.4, -0.2) is 4.98 Å². The van der Waals surface area contributed by atoms with Crippen LogP contribution in [0, 0.1) is 12.7 Å². The predicted molar refractivity (Wildman–Crippen MR) is 40.3 cm³/mol. The van der Waals surface area contributed by atoms with Gasteiger partial charge < -0.3 is 0 Å². The summed E-state index contributed by atoms with van der Waals surface area (Å²) in [5.74, 6) is -0.273. The fraction of sp³-hybridized carbons (Fsp3) is 0.375. The molecular weight excluding hydrogens is 129 g/mol. The van der Waals surface area contributed by atoms with Crippen molar-refractivity contribution in [3.05, 3.63) is 29.8 Å². The van der Waals surface area contributed by atoms with Crippen molar-refractivity contribution in [1.29, 1.82) is 0 Å². The number of rotatable bonds is 0. The fourth-order valence-corrected chi connectivity index (χ4v) is 0.518. The third-order valence-corrected chi connectivity index (χ3v) is 0.842. The molecule has 0 aliphatic heterocycles. The van der Waals surface area contributed by atoms with Gasteiger partial charge >= 0.3 is 0 Å². The lowest BCUT2D eigenvalue weighted by Crippen LogP contribution is -1.77. The Balaban J connectivity index is 0.000000371. The van der Waals surface area contributed by atoms with Crippen LogP contribution in [-0.2, 0) is 0 Å². The summed E-state index contributed by atoms with van der Waals surface area (Å²) in [7, 11) is 0. The van der Waals surface area contributed by atoms with Crippen molar-refractivity contribution in [2.45, 2.75) is 20.8 Å². The van der Waals surface area contributed by atoms with E-state index in [1.54, 1.807) is 13.1 Å². The molecule has 2 heteroatoms. The van der Waals surface area contributed by atoms with Crippen molar-refractivity contribution < 1.29 is 4.39 Å². The Hall–Kier alpha value is -0.920. The molecule has 0 radical (unpaired) electrons. The smallest absolute Gasteiger partial charge is 0.141 e. The number of aryl methyl sites for hydroxylation is 1.